The van der Waals surface area contributed by atoms with Gasteiger partial charge in [0.05, 0.1) is 0 Å². The molecule has 0 fully saturated rings. The first-order valence-corrected chi connectivity index (χ1v) is 3.97. The summed E-state index contributed by atoms with van der Waals surface area (Å²) in [5.41, 5.74) is 2.54. The molecule has 1 aliphatic carbocycles. The summed E-state index contributed by atoms with van der Waals surface area (Å²) in [5.74, 6) is 0. The molecule has 0 aliphatic heterocycles. The van der Waals surface area contributed by atoms with Gasteiger partial charge in [-0.2, -0.15) is 0 Å². The van der Waals surface area contributed by atoms with E-state index in [1.165, 1.54) is 24.1 Å². The molecule has 0 radical (unpaired) electrons. The highest BCUT2D eigenvalue weighted by atomic mass is 14.7. The largest absolute Gasteiger partial charge is 0.361 e. The van der Waals surface area contributed by atoms with Crippen LogP contribution in [0, 0.1) is 0 Å². The van der Waals surface area contributed by atoms with Gasteiger partial charge < -0.3 is 4.98 Å². The Morgan fingerprint density at radius 2 is 2.27 bits per heavy atom. The first-order valence-electron chi connectivity index (χ1n) is 3.97. The normalized spacial score (nSPS) is 16.5. The lowest BCUT2D eigenvalue weighted by Gasteiger charge is -2.03. The summed E-state index contributed by atoms with van der Waals surface area (Å²) in [7, 11) is 0. The zero-order chi connectivity index (χ0) is 7.52. The summed E-state index contributed by atoms with van der Waals surface area (Å²) in [6.45, 7) is 0. The van der Waals surface area contributed by atoms with E-state index in [9.17, 15) is 0 Å². The molecule has 0 saturated heterocycles. The standard InChI is InChI=1S/C10H11N/c1-2-5-9(6-3-1)10-7-4-8-11-10/h2,4-8,11H,1,3H2. The average molecular weight is 145 g/mol. The van der Waals surface area contributed by atoms with E-state index in [4.69, 9.17) is 0 Å². The van der Waals surface area contributed by atoms with Gasteiger partial charge in [-0.25, -0.2) is 0 Å². The molecule has 1 heterocycles. The Hall–Kier alpha value is -1.24. The van der Waals surface area contributed by atoms with Gasteiger partial charge in [0.1, 0.15) is 0 Å². The smallest absolute Gasteiger partial charge is 0.0450 e. The molecule has 1 aliphatic rings. The number of aromatic amines is 1. The van der Waals surface area contributed by atoms with Gasteiger partial charge >= 0.3 is 0 Å². The predicted octanol–water partition coefficient (Wildman–Crippen LogP) is 2.75. The molecule has 0 unspecified atom stereocenters. The minimum absolute atomic E-state index is 1.17. The Bertz CT molecular complexity index is 278. The summed E-state index contributed by atoms with van der Waals surface area (Å²) in [6, 6.07) is 4.13. The van der Waals surface area contributed by atoms with Crippen LogP contribution in [0.5, 0.6) is 0 Å². The molecule has 1 aromatic rings. The Balaban J connectivity index is 2.29. The first-order chi connectivity index (χ1) is 5.47. The Kier molecular flexibility index (Phi) is 1.64. The molecular weight excluding hydrogens is 134 g/mol. The van der Waals surface area contributed by atoms with Gasteiger partial charge in [0.2, 0.25) is 0 Å². The third kappa shape index (κ3) is 1.27. The molecule has 2 rings (SSSR count). The van der Waals surface area contributed by atoms with E-state index in [1.54, 1.807) is 0 Å². The minimum atomic E-state index is 1.17. The Labute approximate surface area is 66.4 Å². The quantitative estimate of drug-likeness (QED) is 0.625. The van der Waals surface area contributed by atoms with Gasteiger partial charge in [0.25, 0.3) is 0 Å². The number of aromatic nitrogens is 1. The van der Waals surface area contributed by atoms with Crippen molar-refractivity contribution in [3.05, 3.63) is 42.3 Å². The number of hydrogen-bond acceptors (Lipinski definition) is 0. The van der Waals surface area contributed by atoms with E-state index < -0.39 is 0 Å². The summed E-state index contributed by atoms with van der Waals surface area (Å²) < 4.78 is 0. The second kappa shape index (κ2) is 2.79. The van der Waals surface area contributed by atoms with E-state index in [0.29, 0.717) is 0 Å². The van der Waals surface area contributed by atoms with E-state index in [1.807, 2.05) is 12.3 Å². The van der Waals surface area contributed by atoms with Crippen molar-refractivity contribution in [2.75, 3.05) is 0 Å². The molecule has 0 spiro atoms. The zero-order valence-electron chi connectivity index (χ0n) is 6.38. The maximum atomic E-state index is 3.19. The van der Waals surface area contributed by atoms with Crippen molar-refractivity contribution >= 4 is 5.57 Å². The van der Waals surface area contributed by atoms with Crippen LogP contribution in [0.4, 0.5) is 0 Å². The molecule has 0 amide bonds. The van der Waals surface area contributed by atoms with Crippen LogP contribution in [0.2, 0.25) is 0 Å². The first kappa shape index (κ1) is 6.47. The molecule has 1 aromatic heterocycles. The van der Waals surface area contributed by atoms with Crippen LogP contribution in [0.25, 0.3) is 5.57 Å². The van der Waals surface area contributed by atoms with E-state index in [0.717, 1.165) is 0 Å². The van der Waals surface area contributed by atoms with Crippen molar-refractivity contribution in [1.29, 1.82) is 0 Å². The van der Waals surface area contributed by atoms with Gasteiger partial charge in [-0.15, -0.1) is 0 Å². The second-order valence-electron chi connectivity index (χ2n) is 2.72. The molecule has 56 valence electrons. The predicted molar refractivity (Wildman–Crippen MR) is 47.1 cm³/mol. The summed E-state index contributed by atoms with van der Waals surface area (Å²) >= 11 is 0. The fraction of sp³-hybridized carbons (Fsp3) is 0.200. The number of rotatable bonds is 1. The topological polar surface area (TPSA) is 15.8 Å². The Morgan fingerprint density at radius 3 is 2.91 bits per heavy atom. The van der Waals surface area contributed by atoms with Crippen molar-refractivity contribution in [2.45, 2.75) is 12.8 Å². The van der Waals surface area contributed by atoms with Crippen LogP contribution in [-0.4, -0.2) is 4.98 Å². The second-order valence-corrected chi connectivity index (χ2v) is 2.72. The van der Waals surface area contributed by atoms with Crippen molar-refractivity contribution in [1.82, 2.24) is 4.98 Å². The third-order valence-corrected chi connectivity index (χ3v) is 1.90. The highest BCUT2D eigenvalue weighted by Crippen LogP contribution is 2.18. The van der Waals surface area contributed by atoms with Crippen molar-refractivity contribution < 1.29 is 0 Å². The number of allylic oxidation sites excluding steroid dienone is 4. The highest BCUT2D eigenvalue weighted by molar-refractivity contribution is 5.72. The molecule has 1 nitrogen and oxygen atoms in total. The van der Waals surface area contributed by atoms with Gasteiger partial charge in [-0.3, -0.25) is 0 Å². The number of hydrogen-bond donors (Lipinski definition) is 1. The zero-order valence-corrected chi connectivity index (χ0v) is 6.38. The lowest BCUT2D eigenvalue weighted by Crippen LogP contribution is -1.84. The van der Waals surface area contributed by atoms with Crippen molar-refractivity contribution in [3.8, 4) is 0 Å². The van der Waals surface area contributed by atoms with E-state index in [-0.39, 0.29) is 0 Å². The summed E-state index contributed by atoms with van der Waals surface area (Å²) in [5, 5.41) is 0. The van der Waals surface area contributed by atoms with Gasteiger partial charge in [0, 0.05) is 11.9 Å². The van der Waals surface area contributed by atoms with Crippen LogP contribution < -0.4 is 0 Å². The molecule has 0 aromatic carbocycles. The van der Waals surface area contributed by atoms with Crippen LogP contribution in [0.3, 0.4) is 0 Å². The van der Waals surface area contributed by atoms with Gasteiger partial charge in [0.15, 0.2) is 0 Å². The monoisotopic (exact) mass is 145 g/mol. The highest BCUT2D eigenvalue weighted by Gasteiger charge is 1.99. The molecular formula is C10H11N. The van der Waals surface area contributed by atoms with E-state index >= 15 is 0 Å². The molecule has 0 bridgehead atoms. The van der Waals surface area contributed by atoms with Gasteiger partial charge in [-0.1, -0.05) is 18.2 Å². The molecule has 0 saturated carbocycles. The average Bonchev–Trinajstić information content (AvgIpc) is 2.58. The maximum Gasteiger partial charge on any atom is 0.0450 e. The molecule has 0 atom stereocenters. The Morgan fingerprint density at radius 1 is 1.27 bits per heavy atom. The maximum absolute atomic E-state index is 3.19. The van der Waals surface area contributed by atoms with Crippen LogP contribution >= 0.6 is 0 Å². The minimum Gasteiger partial charge on any atom is -0.361 e. The fourth-order valence-electron chi connectivity index (χ4n) is 1.32. The van der Waals surface area contributed by atoms with Gasteiger partial charge in [-0.05, 0) is 30.5 Å². The van der Waals surface area contributed by atoms with Crippen molar-refractivity contribution in [2.24, 2.45) is 0 Å². The van der Waals surface area contributed by atoms with Crippen LogP contribution in [0.15, 0.2) is 36.6 Å². The SMILES string of the molecule is C1=CC(c2ccc[nH]2)=CCC1. The van der Waals surface area contributed by atoms with Crippen LogP contribution in [-0.2, 0) is 0 Å². The lowest BCUT2D eigenvalue weighted by atomic mass is 10.1. The fourth-order valence-corrected chi connectivity index (χ4v) is 1.32. The number of H-pyrrole nitrogens is 1. The number of nitrogens with one attached hydrogen (secondary N) is 1. The molecule has 11 heavy (non-hydrogen) atoms. The summed E-state index contributed by atoms with van der Waals surface area (Å²) in [4.78, 5) is 3.19. The molecule has 1 heteroatoms. The molecule has 1 N–H and O–H groups in total. The van der Waals surface area contributed by atoms with Crippen molar-refractivity contribution in [3.63, 3.8) is 0 Å². The lowest BCUT2D eigenvalue weighted by molar-refractivity contribution is 1.04. The van der Waals surface area contributed by atoms with Crippen LogP contribution in [0.1, 0.15) is 18.5 Å². The summed E-state index contributed by atoms with van der Waals surface area (Å²) in [6.07, 6.45) is 11.0. The van der Waals surface area contributed by atoms with E-state index in [2.05, 4.69) is 29.3 Å². The third-order valence-electron chi connectivity index (χ3n) is 1.90.